The first-order valence-corrected chi connectivity index (χ1v) is 5.56. The van der Waals surface area contributed by atoms with Crippen molar-refractivity contribution in [2.24, 2.45) is 0 Å². The number of pyridine rings is 1. The van der Waals surface area contributed by atoms with E-state index in [4.69, 9.17) is 0 Å². The second kappa shape index (κ2) is 3.49. The quantitative estimate of drug-likeness (QED) is 0.789. The summed E-state index contributed by atoms with van der Waals surface area (Å²) in [7, 11) is 0. The van der Waals surface area contributed by atoms with Crippen LogP contribution in [0, 0.1) is 20.8 Å². The molecule has 0 saturated heterocycles. The number of aryl methyl sites for hydroxylation is 3. The monoisotopic (exact) mass is 265 g/mol. The first kappa shape index (κ1) is 10.4. The smallest absolute Gasteiger partial charge is 0.144 e. The molecule has 0 saturated carbocycles. The Bertz CT molecular complexity index is 549. The van der Waals surface area contributed by atoms with Crippen molar-refractivity contribution in [2.45, 2.75) is 20.8 Å². The van der Waals surface area contributed by atoms with Gasteiger partial charge in [0.1, 0.15) is 11.3 Å². The maximum atomic E-state index is 9.91. The third-order valence-corrected chi connectivity index (χ3v) is 3.32. The van der Waals surface area contributed by atoms with Crippen molar-refractivity contribution in [1.29, 1.82) is 0 Å². The van der Waals surface area contributed by atoms with Crippen molar-refractivity contribution < 1.29 is 5.11 Å². The molecule has 0 aliphatic carbocycles. The second-order valence-electron chi connectivity index (χ2n) is 3.81. The second-order valence-corrected chi connectivity index (χ2v) is 4.67. The molecule has 2 nitrogen and oxygen atoms in total. The van der Waals surface area contributed by atoms with Crippen LogP contribution in [0.3, 0.4) is 0 Å². The van der Waals surface area contributed by atoms with Crippen LogP contribution in [-0.2, 0) is 0 Å². The number of fused-ring (bicyclic) bond motifs is 1. The molecule has 78 valence electrons. The van der Waals surface area contributed by atoms with E-state index in [1.165, 1.54) is 0 Å². The van der Waals surface area contributed by atoms with Gasteiger partial charge in [-0.1, -0.05) is 15.9 Å². The molecule has 0 aliphatic heterocycles. The lowest BCUT2D eigenvalue weighted by Gasteiger charge is -2.08. The normalized spacial score (nSPS) is 10.9. The van der Waals surface area contributed by atoms with Crippen molar-refractivity contribution >= 4 is 26.8 Å². The average molecular weight is 266 g/mol. The Balaban J connectivity index is 2.97. The van der Waals surface area contributed by atoms with Crippen LogP contribution in [0.1, 0.15) is 16.8 Å². The first-order valence-electron chi connectivity index (χ1n) is 4.76. The van der Waals surface area contributed by atoms with Crippen LogP contribution >= 0.6 is 15.9 Å². The van der Waals surface area contributed by atoms with Gasteiger partial charge < -0.3 is 5.11 Å². The van der Waals surface area contributed by atoms with Crippen molar-refractivity contribution in [3.63, 3.8) is 0 Å². The van der Waals surface area contributed by atoms with E-state index in [0.29, 0.717) is 5.52 Å². The van der Waals surface area contributed by atoms with Gasteiger partial charge in [-0.25, -0.2) is 4.98 Å². The summed E-state index contributed by atoms with van der Waals surface area (Å²) >= 11 is 3.49. The predicted molar refractivity (Wildman–Crippen MR) is 65.3 cm³/mol. The number of phenolic OH excluding ortho intramolecular Hbond substituents is 1. The molecule has 1 heterocycles. The number of nitrogens with zero attached hydrogens (tertiary/aromatic N) is 1. The molecule has 1 N–H and O–H groups in total. The summed E-state index contributed by atoms with van der Waals surface area (Å²) in [5.41, 5.74) is 3.59. The zero-order chi connectivity index (χ0) is 11.2. The van der Waals surface area contributed by atoms with Gasteiger partial charge in [0.2, 0.25) is 0 Å². The summed E-state index contributed by atoms with van der Waals surface area (Å²) in [4.78, 5) is 4.42. The van der Waals surface area contributed by atoms with Gasteiger partial charge >= 0.3 is 0 Å². The Morgan fingerprint density at radius 2 is 1.80 bits per heavy atom. The minimum Gasteiger partial charge on any atom is -0.505 e. The topological polar surface area (TPSA) is 33.1 Å². The van der Waals surface area contributed by atoms with E-state index in [2.05, 4.69) is 20.9 Å². The molecule has 1 aromatic carbocycles. The van der Waals surface area contributed by atoms with Gasteiger partial charge in [0.15, 0.2) is 0 Å². The Labute approximate surface area is 97.1 Å². The van der Waals surface area contributed by atoms with Crippen LogP contribution in [-0.4, -0.2) is 10.1 Å². The summed E-state index contributed by atoms with van der Waals surface area (Å²) in [5.74, 6) is 0.274. The highest BCUT2D eigenvalue weighted by atomic mass is 79.9. The molecule has 0 fully saturated rings. The van der Waals surface area contributed by atoms with E-state index in [9.17, 15) is 5.11 Å². The lowest BCUT2D eigenvalue weighted by Crippen LogP contribution is -1.91. The van der Waals surface area contributed by atoms with Gasteiger partial charge in [-0.15, -0.1) is 0 Å². The minimum atomic E-state index is 0.274. The van der Waals surface area contributed by atoms with E-state index in [0.717, 1.165) is 26.7 Å². The van der Waals surface area contributed by atoms with Crippen molar-refractivity contribution in [3.05, 3.63) is 33.4 Å². The molecule has 15 heavy (non-hydrogen) atoms. The number of hydrogen-bond acceptors (Lipinski definition) is 2. The van der Waals surface area contributed by atoms with Crippen LogP contribution < -0.4 is 0 Å². The molecule has 1 aromatic heterocycles. The highest BCUT2D eigenvalue weighted by Gasteiger charge is 2.10. The van der Waals surface area contributed by atoms with Gasteiger partial charge in [-0.2, -0.15) is 0 Å². The Morgan fingerprint density at radius 3 is 2.47 bits per heavy atom. The van der Waals surface area contributed by atoms with Crippen molar-refractivity contribution in [3.8, 4) is 5.75 Å². The Kier molecular flexibility index (Phi) is 2.43. The number of phenols is 1. The molecule has 0 spiro atoms. The molecule has 2 aromatic rings. The predicted octanol–water partition coefficient (Wildman–Crippen LogP) is 3.63. The number of hydrogen-bond donors (Lipinski definition) is 1. The van der Waals surface area contributed by atoms with Gasteiger partial charge in [0.05, 0.1) is 0 Å². The summed E-state index contributed by atoms with van der Waals surface area (Å²) in [6.45, 7) is 5.84. The summed E-state index contributed by atoms with van der Waals surface area (Å²) in [5, 5.41) is 10.9. The lowest BCUT2D eigenvalue weighted by atomic mass is 10.1. The average Bonchev–Trinajstić information content (AvgIpc) is 2.18. The maximum absolute atomic E-state index is 9.91. The van der Waals surface area contributed by atoms with Crippen LogP contribution in [0.2, 0.25) is 0 Å². The Morgan fingerprint density at radius 1 is 1.13 bits per heavy atom. The molecular weight excluding hydrogens is 254 g/mol. The summed E-state index contributed by atoms with van der Waals surface area (Å²) in [6.07, 6.45) is 0. The SMILES string of the molecule is Cc1cc2c(Br)cc(C)c(O)c2nc1C. The molecule has 0 unspecified atom stereocenters. The van der Waals surface area contributed by atoms with Gasteiger partial charge in [0, 0.05) is 15.6 Å². The summed E-state index contributed by atoms with van der Waals surface area (Å²) in [6, 6.07) is 3.95. The van der Waals surface area contributed by atoms with Crippen molar-refractivity contribution in [1.82, 2.24) is 4.98 Å². The fourth-order valence-electron chi connectivity index (χ4n) is 1.59. The number of halogens is 1. The van der Waals surface area contributed by atoms with E-state index in [-0.39, 0.29) is 5.75 Å². The molecule has 0 amide bonds. The van der Waals surface area contributed by atoms with E-state index < -0.39 is 0 Å². The lowest BCUT2D eigenvalue weighted by molar-refractivity contribution is 0.476. The maximum Gasteiger partial charge on any atom is 0.144 e. The standard InChI is InChI=1S/C12H12BrNO/c1-6-4-9-10(13)5-7(2)12(15)11(9)14-8(6)3/h4-5,15H,1-3H3. The molecular formula is C12H12BrNO. The highest BCUT2D eigenvalue weighted by Crippen LogP contribution is 2.33. The van der Waals surface area contributed by atoms with Crippen LogP contribution in [0.25, 0.3) is 10.9 Å². The summed E-state index contributed by atoms with van der Waals surface area (Å²) < 4.78 is 0.975. The van der Waals surface area contributed by atoms with E-state index in [1.54, 1.807) is 0 Å². The number of aromatic nitrogens is 1. The van der Waals surface area contributed by atoms with Crippen LogP contribution in [0.15, 0.2) is 16.6 Å². The van der Waals surface area contributed by atoms with E-state index in [1.807, 2.05) is 32.9 Å². The minimum absolute atomic E-state index is 0.274. The largest absolute Gasteiger partial charge is 0.505 e. The molecule has 3 heteroatoms. The molecule has 0 aliphatic rings. The number of benzene rings is 1. The zero-order valence-electron chi connectivity index (χ0n) is 8.93. The number of aromatic hydroxyl groups is 1. The highest BCUT2D eigenvalue weighted by molar-refractivity contribution is 9.10. The molecule has 0 radical (unpaired) electrons. The van der Waals surface area contributed by atoms with Crippen LogP contribution in [0.5, 0.6) is 5.75 Å². The third-order valence-electron chi connectivity index (χ3n) is 2.66. The zero-order valence-corrected chi connectivity index (χ0v) is 10.5. The van der Waals surface area contributed by atoms with Gasteiger partial charge in [0.25, 0.3) is 0 Å². The third kappa shape index (κ3) is 1.61. The Hall–Kier alpha value is -1.09. The number of rotatable bonds is 0. The van der Waals surface area contributed by atoms with Crippen molar-refractivity contribution in [2.75, 3.05) is 0 Å². The van der Waals surface area contributed by atoms with Gasteiger partial charge in [-0.3, -0.25) is 0 Å². The first-order chi connectivity index (χ1) is 7.00. The fourth-order valence-corrected chi connectivity index (χ4v) is 2.24. The van der Waals surface area contributed by atoms with Gasteiger partial charge in [-0.05, 0) is 44.0 Å². The fraction of sp³-hybridized carbons (Fsp3) is 0.250. The molecule has 0 atom stereocenters. The van der Waals surface area contributed by atoms with Crippen LogP contribution in [0.4, 0.5) is 0 Å². The molecule has 0 bridgehead atoms. The molecule has 2 rings (SSSR count). The van der Waals surface area contributed by atoms with E-state index >= 15 is 0 Å².